The molecule has 0 N–H and O–H groups in total. The van der Waals surface area contributed by atoms with Crippen molar-refractivity contribution in [3.8, 4) is 5.75 Å². The highest BCUT2D eigenvalue weighted by Gasteiger charge is 2.16. The average molecular weight is 227 g/mol. The number of hydrogen-bond donors (Lipinski definition) is 0. The molecule has 1 aliphatic rings. The molecular formula is C10H11BrO. The van der Waals surface area contributed by atoms with Crippen molar-refractivity contribution in [2.45, 2.75) is 19.3 Å². The zero-order valence-corrected chi connectivity index (χ0v) is 8.60. The second-order valence-electron chi connectivity index (χ2n) is 3.22. The van der Waals surface area contributed by atoms with E-state index in [1.54, 1.807) is 0 Å². The molecule has 0 bridgehead atoms. The van der Waals surface area contributed by atoms with Gasteiger partial charge in [-0.05, 0) is 36.1 Å². The molecule has 0 aliphatic carbocycles. The van der Waals surface area contributed by atoms with E-state index in [1.807, 2.05) is 12.1 Å². The number of fused-ring (bicyclic) bond motifs is 1. The standard InChI is InChI=1S/C10H11BrO/c1-7-4-5-12-10-3-2-8(11)6-9(7)10/h2-3,6-7H,4-5H2,1H3. The minimum atomic E-state index is 0.631. The Bertz CT molecular complexity index is 296. The van der Waals surface area contributed by atoms with E-state index < -0.39 is 0 Å². The van der Waals surface area contributed by atoms with Crippen LogP contribution in [0.5, 0.6) is 5.75 Å². The van der Waals surface area contributed by atoms with Crippen LogP contribution in [0.15, 0.2) is 22.7 Å². The molecule has 64 valence electrons. The van der Waals surface area contributed by atoms with E-state index in [1.165, 1.54) is 5.56 Å². The highest BCUT2D eigenvalue weighted by molar-refractivity contribution is 9.10. The molecular weight excluding hydrogens is 216 g/mol. The van der Waals surface area contributed by atoms with Crippen LogP contribution in [0.2, 0.25) is 0 Å². The summed E-state index contributed by atoms with van der Waals surface area (Å²) in [6.07, 6.45) is 1.13. The Morgan fingerprint density at radius 2 is 2.33 bits per heavy atom. The highest BCUT2D eigenvalue weighted by Crippen LogP contribution is 2.34. The van der Waals surface area contributed by atoms with Crippen LogP contribution in [0, 0.1) is 0 Å². The molecule has 12 heavy (non-hydrogen) atoms. The molecule has 0 spiro atoms. The van der Waals surface area contributed by atoms with Gasteiger partial charge in [0.2, 0.25) is 0 Å². The van der Waals surface area contributed by atoms with Crippen molar-refractivity contribution in [1.29, 1.82) is 0 Å². The fourth-order valence-electron chi connectivity index (χ4n) is 1.54. The molecule has 0 aromatic heterocycles. The van der Waals surface area contributed by atoms with Crippen LogP contribution >= 0.6 is 15.9 Å². The maximum atomic E-state index is 5.53. The second kappa shape index (κ2) is 3.09. The predicted molar refractivity (Wildman–Crippen MR) is 52.7 cm³/mol. The normalized spacial score (nSPS) is 21.3. The van der Waals surface area contributed by atoms with Gasteiger partial charge in [0.05, 0.1) is 6.61 Å². The lowest BCUT2D eigenvalue weighted by Crippen LogP contribution is -2.11. The van der Waals surface area contributed by atoms with Crippen LogP contribution in [0.3, 0.4) is 0 Å². The van der Waals surface area contributed by atoms with Crippen molar-refractivity contribution in [3.05, 3.63) is 28.2 Å². The van der Waals surface area contributed by atoms with Crippen LogP contribution in [0.1, 0.15) is 24.8 Å². The summed E-state index contributed by atoms with van der Waals surface area (Å²) in [7, 11) is 0. The second-order valence-corrected chi connectivity index (χ2v) is 4.14. The van der Waals surface area contributed by atoms with Gasteiger partial charge in [0.15, 0.2) is 0 Å². The number of rotatable bonds is 0. The summed E-state index contributed by atoms with van der Waals surface area (Å²) < 4.78 is 6.67. The smallest absolute Gasteiger partial charge is 0.122 e. The van der Waals surface area contributed by atoms with Crippen LogP contribution in [0.25, 0.3) is 0 Å². The lowest BCUT2D eigenvalue weighted by molar-refractivity contribution is 0.272. The third kappa shape index (κ3) is 1.36. The first-order valence-electron chi connectivity index (χ1n) is 4.19. The number of benzene rings is 1. The Kier molecular flexibility index (Phi) is 2.09. The van der Waals surface area contributed by atoms with Crippen LogP contribution in [-0.2, 0) is 0 Å². The molecule has 2 rings (SSSR count). The number of ether oxygens (including phenoxy) is 1. The number of halogens is 1. The van der Waals surface area contributed by atoms with E-state index in [4.69, 9.17) is 4.74 Å². The summed E-state index contributed by atoms with van der Waals surface area (Å²) in [5.41, 5.74) is 1.33. The van der Waals surface area contributed by atoms with E-state index in [-0.39, 0.29) is 0 Å². The van der Waals surface area contributed by atoms with Gasteiger partial charge in [-0.3, -0.25) is 0 Å². The zero-order valence-electron chi connectivity index (χ0n) is 7.01. The summed E-state index contributed by atoms with van der Waals surface area (Å²) in [6, 6.07) is 6.21. The minimum Gasteiger partial charge on any atom is -0.493 e. The fourth-order valence-corrected chi connectivity index (χ4v) is 1.92. The van der Waals surface area contributed by atoms with Crippen LogP contribution in [-0.4, -0.2) is 6.61 Å². The summed E-state index contributed by atoms with van der Waals surface area (Å²) in [5, 5.41) is 0. The third-order valence-corrected chi connectivity index (χ3v) is 2.80. The van der Waals surface area contributed by atoms with Gasteiger partial charge in [0.1, 0.15) is 5.75 Å². The molecule has 1 nitrogen and oxygen atoms in total. The van der Waals surface area contributed by atoms with Crippen molar-refractivity contribution in [1.82, 2.24) is 0 Å². The van der Waals surface area contributed by atoms with Crippen molar-refractivity contribution in [2.24, 2.45) is 0 Å². The molecule has 0 saturated heterocycles. The summed E-state index contributed by atoms with van der Waals surface area (Å²) >= 11 is 3.46. The Hall–Kier alpha value is -0.500. The van der Waals surface area contributed by atoms with Gasteiger partial charge < -0.3 is 4.74 Å². The van der Waals surface area contributed by atoms with E-state index >= 15 is 0 Å². The van der Waals surface area contributed by atoms with Gasteiger partial charge in [-0.2, -0.15) is 0 Å². The maximum absolute atomic E-state index is 5.53. The van der Waals surface area contributed by atoms with Gasteiger partial charge in [0, 0.05) is 4.47 Å². The minimum absolute atomic E-state index is 0.631. The fraction of sp³-hybridized carbons (Fsp3) is 0.400. The Labute approximate surface area is 80.9 Å². The van der Waals surface area contributed by atoms with E-state index in [0.29, 0.717) is 5.92 Å². The first-order chi connectivity index (χ1) is 5.77. The lowest BCUT2D eigenvalue weighted by Gasteiger charge is -2.22. The first kappa shape index (κ1) is 8.11. The van der Waals surface area contributed by atoms with Gasteiger partial charge in [-0.25, -0.2) is 0 Å². The Morgan fingerprint density at radius 1 is 1.50 bits per heavy atom. The van der Waals surface area contributed by atoms with E-state index in [0.717, 1.165) is 23.2 Å². The summed E-state index contributed by atoms with van der Waals surface area (Å²) in [4.78, 5) is 0. The van der Waals surface area contributed by atoms with Gasteiger partial charge in [0.25, 0.3) is 0 Å². The Balaban J connectivity index is 2.47. The van der Waals surface area contributed by atoms with Crippen molar-refractivity contribution >= 4 is 15.9 Å². The van der Waals surface area contributed by atoms with E-state index in [9.17, 15) is 0 Å². The third-order valence-electron chi connectivity index (χ3n) is 2.31. The van der Waals surface area contributed by atoms with Crippen LogP contribution < -0.4 is 4.74 Å². The molecule has 0 radical (unpaired) electrons. The van der Waals surface area contributed by atoms with Crippen molar-refractivity contribution in [3.63, 3.8) is 0 Å². The first-order valence-corrected chi connectivity index (χ1v) is 4.99. The van der Waals surface area contributed by atoms with Crippen molar-refractivity contribution < 1.29 is 4.74 Å². The maximum Gasteiger partial charge on any atom is 0.122 e. The van der Waals surface area contributed by atoms with Crippen molar-refractivity contribution in [2.75, 3.05) is 6.61 Å². The molecule has 0 saturated carbocycles. The van der Waals surface area contributed by atoms with E-state index in [2.05, 4.69) is 28.9 Å². The monoisotopic (exact) mass is 226 g/mol. The van der Waals surface area contributed by atoms with Crippen LogP contribution in [0.4, 0.5) is 0 Å². The lowest BCUT2D eigenvalue weighted by atomic mass is 9.95. The Morgan fingerprint density at radius 3 is 3.17 bits per heavy atom. The highest BCUT2D eigenvalue weighted by atomic mass is 79.9. The predicted octanol–water partition coefficient (Wildman–Crippen LogP) is 3.34. The van der Waals surface area contributed by atoms with Gasteiger partial charge >= 0.3 is 0 Å². The molecule has 1 unspecified atom stereocenters. The molecule has 1 aromatic carbocycles. The number of hydrogen-bond acceptors (Lipinski definition) is 1. The van der Waals surface area contributed by atoms with Gasteiger partial charge in [-0.1, -0.05) is 22.9 Å². The summed E-state index contributed by atoms with van der Waals surface area (Å²) in [6.45, 7) is 3.10. The molecule has 2 heteroatoms. The zero-order chi connectivity index (χ0) is 8.55. The molecule has 0 fully saturated rings. The topological polar surface area (TPSA) is 9.23 Å². The van der Waals surface area contributed by atoms with Gasteiger partial charge in [-0.15, -0.1) is 0 Å². The molecule has 0 amide bonds. The molecule has 1 aliphatic heterocycles. The molecule has 1 heterocycles. The SMILES string of the molecule is CC1CCOc2ccc(Br)cc21. The quantitative estimate of drug-likeness (QED) is 0.660. The average Bonchev–Trinajstić information content (AvgIpc) is 2.07. The summed E-state index contributed by atoms with van der Waals surface area (Å²) in [5.74, 6) is 1.68. The largest absolute Gasteiger partial charge is 0.493 e. The molecule has 1 atom stereocenters. The molecule has 1 aromatic rings.